The fourth-order valence-corrected chi connectivity index (χ4v) is 6.40. The molecule has 2 heterocycles. The monoisotopic (exact) mass is 711 g/mol. The highest BCUT2D eigenvalue weighted by Crippen LogP contribution is 2.33. The van der Waals surface area contributed by atoms with E-state index in [1.807, 2.05) is 68.4 Å². The molecular formula is C37H41F4N5O5. The maximum absolute atomic E-state index is 14.3. The van der Waals surface area contributed by atoms with Crippen molar-refractivity contribution >= 4 is 23.9 Å². The number of ether oxygens (including phenoxy) is 1. The van der Waals surface area contributed by atoms with Gasteiger partial charge in [0.15, 0.2) is 0 Å². The van der Waals surface area contributed by atoms with E-state index in [9.17, 15) is 36.7 Å². The van der Waals surface area contributed by atoms with Crippen LogP contribution in [0.5, 0.6) is 0 Å². The Morgan fingerprint density at radius 1 is 0.882 bits per heavy atom. The predicted molar refractivity (Wildman–Crippen MR) is 179 cm³/mol. The number of rotatable bonds is 11. The van der Waals surface area contributed by atoms with Gasteiger partial charge in [-0.05, 0) is 60.2 Å². The van der Waals surface area contributed by atoms with Crippen LogP contribution in [0.3, 0.4) is 0 Å². The van der Waals surface area contributed by atoms with Gasteiger partial charge in [0.25, 0.3) is 0 Å². The zero-order valence-corrected chi connectivity index (χ0v) is 28.4. The van der Waals surface area contributed by atoms with Crippen LogP contribution in [0, 0.1) is 12.8 Å². The average molecular weight is 712 g/mol. The van der Waals surface area contributed by atoms with E-state index in [0.29, 0.717) is 19.0 Å². The topological polar surface area (TPSA) is 111 Å². The number of amides is 5. The Labute approximate surface area is 293 Å². The zero-order valence-electron chi connectivity index (χ0n) is 28.4. The van der Waals surface area contributed by atoms with Gasteiger partial charge in [-0.25, -0.2) is 14.0 Å². The van der Waals surface area contributed by atoms with Gasteiger partial charge in [-0.2, -0.15) is 13.2 Å². The van der Waals surface area contributed by atoms with Gasteiger partial charge in [0.05, 0.1) is 18.0 Å². The van der Waals surface area contributed by atoms with Crippen molar-refractivity contribution in [3.63, 3.8) is 0 Å². The zero-order chi connectivity index (χ0) is 36.7. The molecule has 2 fully saturated rings. The Bertz CT molecular complexity index is 1710. The molecule has 3 atom stereocenters. The van der Waals surface area contributed by atoms with Crippen LogP contribution in [0.15, 0.2) is 72.8 Å². The lowest BCUT2D eigenvalue weighted by molar-refractivity contribution is -0.172. The lowest BCUT2D eigenvalue weighted by Crippen LogP contribution is -2.74. The Morgan fingerprint density at radius 3 is 2.25 bits per heavy atom. The molecule has 0 aliphatic carbocycles. The second kappa shape index (κ2) is 16.3. The third kappa shape index (κ3) is 9.16. The minimum atomic E-state index is -4.74. The second-order valence-corrected chi connectivity index (χ2v) is 12.8. The molecule has 0 spiro atoms. The number of carbonyl (C=O) groups excluding carboxylic acids is 4. The third-order valence-corrected chi connectivity index (χ3v) is 8.96. The fraction of sp³-hybridized carbons (Fsp3) is 0.405. The number of urea groups is 1. The van der Waals surface area contributed by atoms with E-state index >= 15 is 0 Å². The number of halogens is 4. The van der Waals surface area contributed by atoms with Gasteiger partial charge in [-0.15, -0.1) is 0 Å². The maximum Gasteiger partial charge on any atom is 0.416 e. The van der Waals surface area contributed by atoms with Crippen molar-refractivity contribution < 1.29 is 41.5 Å². The molecule has 5 amide bonds. The molecule has 0 aromatic heterocycles. The van der Waals surface area contributed by atoms with Crippen LogP contribution >= 0.6 is 0 Å². The first-order valence-electron chi connectivity index (χ1n) is 16.8. The van der Waals surface area contributed by atoms with Crippen molar-refractivity contribution in [1.29, 1.82) is 0 Å². The van der Waals surface area contributed by atoms with E-state index in [4.69, 9.17) is 4.74 Å². The van der Waals surface area contributed by atoms with E-state index in [1.54, 1.807) is 0 Å². The van der Waals surface area contributed by atoms with Crippen LogP contribution in [-0.4, -0.2) is 77.0 Å². The molecule has 2 saturated heterocycles. The molecule has 0 radical (unpaired) electrons. The number of nitrogens with zero attached hydrogens (tertiary/aromatic N) is 3. The molecule has 3 aromatic rings. The molecule has 0 bridgehead atoms. The van der Waals surface area contributed by atoms with E-state index in [2.05, 4.69) is 10.6 Å². The van der Waals surface area contributed by atoms with Gasteiger partial charge in [0.1, 0.15) is 25.5 Å². The molecule has 2 aliphatic rings. The van der Waals surface area contributed by atoms with Gasteiger partial charge in [-0.3, -0.25) is 14.5 Å². The molecule has 14 heteroatoms. The Morgan fingerprint density at radius 2 is 1.59 bits per heavy atom. The largest absolute Gasteiger partial charge is 0.444 e. The predicted octanol–water partition coefficient (Wildman–Crippen LogP) is 5.57. The number of carbonyl (C=O) groups is 4. The van der Waals surface area contributed by atoms with Crippen molar-refractivity contribution in [3.05, 3.63) is 106 Å². The molecule has 272 valence electrons. The van der Waals surface area contributed by atoms with Crippen molar-refractivity contribution in [1.82, 2.24) is 25.3 Å². The van der Waals surface area contributed by atoms with Crippen LogP contribution in [-0.2, 0) is 46.7 Å². The van der Waals surface area contributed by atoms with Crippen molar-refractivity contribution in [2.45, 2.75) is 64.9 Å². The lowest BCUT2D eigenvalue weighted by atomic mass is 9.91. The first-order chi connectivity index (χ1) is 24.4. The first-order valence-corrected chi connectivity index (χ1v) is 16.8. The quantitative estimate of drug-likeness (QED) is 0.253. The molecule has 0 unspecified atom stereocenters. The smallest absolute Gasteiger partial charge is 0.416 e. The lowest BCUT2D eigenvalue weighted by Gasteiger charge is -2.53. The molecule has 3 aromatic carbocycles. The minimum absolute atomic E-state index is 0.0586. The molecule has 2 N–H and O–H groups in total. The van der Waals surface area contributed by atoms with Crippen LogP contribution in [0.1, 0.15) is 46.7 Å². The van der Waals surface area contributed by atoms with Gasteiger partial charge in [0, 0.05) is 26.2 Å². The number of fused-ring (bicyclic) bond motifs is 1. The number of benzene rings is 3. The highest BCUT2D eigenvalue weighted by molar-refractivity contribution is 5.92. The fourth-order valence-electron chi connectivity index (χ4n) is 6.40. The molecule has 51 heavy (non-hydrogen) atoms. The summed E-state index contributed by atoms with van der Waals surface area (Å²) in [6.07, 6.45) is -5.78. The summed E-state index contributed by atoms with van der Waals surface area (Å²) in [4.78, 5) is 59.1. The number of nitrogens with one attached hydrogen (secondary N) is 2. The average Bonchev–Trinajstić information content (AvgIpc) is 3.11. The Balaban J connectivity index is 1.48. The molecule has 5 rings (SSSR count). The van der Waals surface area contributed by atoms with Crippen LogP contribution in [0.4, 0.5) is 27.2 Å². The van der Waals surface area contributed by atoms with E-state index in [1.165, 1.54) is 20.8 Å². The van der Waals surface area contributed by atoms with E-state index < -0.39 is 61.2 Å². The van der Waals surface area contributed by atoms with Crippen molar-refractivity contribution in [3.8, 4) is 0 Å². The summed E-state index contributed by atoms with van der Waals surface area (Å²) < 4.78 is 59.7. The number of aryl methyl sites for hydroxylation is 1. The summed E-state index contributed by atoms with van der Waals surface area (Å²) in [5.74, 6) is -1.62. The number of alkyl halides is 4. The van der Waals surface area contributed by atoms with Gasteiger partial charge >= 0.3 is 18.3 Å². The van der Waals surface area contributed by atoms with E-state index in [0.717, 1.165) is 22.8 Å². The minimum Gasteiger partial charge on any atom is -0.444 e. The summed E-state index contributed by atoms with van der Waals surface area (Å²) >= 11 is 0. The second-order valence-electron chi connectivity index (χ2n) is 12.8. The SMILES string of the molecule is CCCNC(=O)NC[C@H]1C(=O)N(Cc2ccccc2)C[C@@H]2N(C(=O)OCc3cc(CF)cc(C(F)(F)F)c3)C[C@H](Cc3ccc(C)cc3)C(=O)N21. The van der Waals surface area contributed by atoms with E-state index in [-0.39, 0.29) is 49.6 Å². The number of hydrogen-bond donors (Lipinski definition) is 2. The highest BCUT2D eigenvalue weighted by atomic mass is 19.4. The third-order valence-electron chi connectivity index (χ3n) is 8.96. The normalized spacial score (nSPS) is 19.1. The van der Waals surface area contributed by atoms with Gasteiger partial charge < -0.3 is 25.2 Å². The van der Waals surface area contributed by atoms with Gasteiger partial charge in [-0.1, -0.05) is 67.1 Å². The molecule has 0 saturated carbocycles. The molecular weight excluding hydrogens is 670 g/mol. The standard InChI is InChI=1S/C37H41F4N5O5/c1-3-13-42-35(49)43-19-31-34(48)44(20-26-7-5-4-6-8-26)22-32-45(21-29(33(47)46(31)32)15-25-11-9-24(2)10-12-25)36(50)51-23-28-14-27(18-38)16-30(17-28)37(39,40)41/h4-12,14,16-17,29,31-32H,3,13,15,18-23H2,1-2H3,(H2,42,43,49)/t29-,31-,32+/m0/s1. The summed E-state index contributed by atoms with van der Waals surface area (Å²) in [5.41, 5.74) is 1.28. The van der Waals surface area contributed by atoms with Gasteiger partial charge in [0.2, 0.25) is 11.8 Å². The van der Waals surface area contributed by atoms with Crippen molar-refractivity contribution in [2.24, 2.45) is 5.92 Å². The molecule has 2 aliphatic heterocycles. The van der Waals surface area contributed by atoms with Crippen molar-refractivity contribution in [2.75, 3.05) is 26.2 Å². The molecule has 10 nitrogen and oxygen atoms in total. The summed E-state index contributed by atoms with van der Waals surface area (Å²) in [5, 5.41) is 5.39. The van der Waals surface area contributed by atoms with Crippen LogP contribution < -0.4 is 10.6 Å². The number of piperazine rings is 1. The van der Waals surface area contributed by atoms with Crippen LogP contribution in [0.2, 0.25) is 0 Å². The first kappa shape index (κ1) is 37.1. The summed E-state index contributed by atoms with van der Waals surface area (Å²) in [7, 11) is 0. The summed E-state index contributed by atoms with van der Waals surface area (Å²) in [6.45, 7) is 2.20. The number of hydrogen-bond acceptors (Lipinski definition) is 5. The maximum atomic E-state index is 14.3. The van der Waals surface area contributed by atoms with Crippen LogP contribution in [0.25, 0.3) is 0 Å². The Hall–Kier alpha value is -5.14. The highest BCUT2D eigenvalue weighted by Gasteiger charge is 2.52. The Kier molecular flexibility index (Phi) is 11.8. The summed E-state index contributed by atoms with van der Waals surface area (Å²) in [6, 6.07) is 17.7.